The van der Waals surface area contributed by atoms with Crippen LogP contribution in [0.2, 0.25) is 0 Å². The molecule has 2 rings (SSSR count). The van der Waals surface area contributed by atoms with Gasteiger partial charge in [0, 0.05) is 33.3 Å². The number of pyridine rings is 1. The first-order valence-electron chi connectivity index (χ1n) is 7.80. The first kappa shape index (κ1) is 17.5. The van der Waals surface area contributed by atoms with E-state index in [0.717, 1.165) is 17.9 Å². The van der Waals surface area contributed by atoms with E-state index in [-0.39, 0.29) is 12.5 Å². The van der Waals surface area contributed by atoms with Crippen LogP contribution in [-0.2, 0) is 17.8 Å². The number of hydrogen-bond acceptors (Lipinski definition) is 4. The molecule has 0 aliphatic heterocycles. The van der Waals surface area contributed by atoms with Crippen molar-refractivity contribution in [1.29, 1.82) is 0 Å². The van der Waals surface area contributed by atoms with Crippen molar-refractivity contribution in [1.82, 2.24) is 20.5 Å². The second-order valence-electron chi connectivity index (χ2n) is 5.38. The SMILES string of the molecule is CN(C)C(=O)CNC(=NCc1ccccn1)NCCc1ccco1. The van der Waals surface area contributed by atoms with E-state index in [1.165, 1.54) is 4.90 Å². The number of guanidine groups is 1. The third-order valence-corrected chi connectivity index (χ3v) is 3.28. The van der Waals surface area contributed by atoms with Crippen LogP contribution in [0.3, 0.4) is 0 Å². The number of furan rings is 1. The molecule has 0 saturated carbocycles. The molecule has 0 atom stereocenters. The smallest absolute Gasteiger partial charge is 0.241 e. The molecule has 24 heavy (non-hydrogen) atoms. The van der Waals surface area contributed by atoms with E-state index in [1.807, 2.05) is 30.3 Å². The zero-order valence-electron chi connectivity index (χ0n) is 14.0. The molecule has 0 aliphatic carbocycles. The highest BCUT2D eigenvalue weighted by molar-refractivity contribution is 5.86. The van der Waals surface area contributed by atoms with E-state index in [9.17, 15) is 4.79 Å². The molecule has 2 aromatic heterocycles. The molecular formula is C17H23N5O2. The average molecular weight is 329 g/mol. The van der Waals surface area contributed by atoms with Crippen LogP contribution in [0.4, 0.5) is 0 Å². The Balaban J connectivity index is 1.90. The predicted octanol–water partition coefficient (Wildman–Crippen LogP) is 1.04. The van der Waals surface area contributed by atoms with Crippen molar-refractivity contribution in [2.75, 3.05) is 27.2 Å². The Kier molecular flexibility index (Phi) is 6.82. The summed E-state index contributed by atoms with van der Waals surface area (Å²) in [4.78, 5) is 22.0. The van der Waals surface area contributed by atoms with Gasteiger partial charge in [-0.3, -0.25) is 9.78 Å². The maximum Gasteiger partial charge on any atom is 0.241 e. The number of nitrogens with one attached hydrogen (secondary N) is 2. The quantitative estimate of drug-likeness (QED) is 0.586. The lowest BCUT2D eigenvalue weighted by molar-refractivity contribution is -0.127. The zero-order chi connectivity index (χ0) is 17.2. The Hall–Kier alpha value is -2.83. The highest BCUT2D eigenvalue weighted by Crippen LogP contribution is 1.99. The highest BCUT2D eigenvalue weighted by Gasteiger charge is 2.06. The van der Waals surface area contributed by atoms with E-state index in [2.05, 4.69) is 20.6 Å². The minimum absolute atomic E-state index is 0.0200. The van der Waals surface area contributed by atoms with Crippen LogP contribution < -0.4 is 10.6 Å². The third-order valence-electron chi connectivity index (χ3n) is 3.28. The summed E-state index contributed by atoms with van der Waals surface area (Å²) in [7, 11) is 3.44. The largest absolute Gasteiger partial charge is 0.469 e. The van der Waals surface area contributed by atoms with E-state index in [4.69, 9.17) is 4.42 Å². The average Bonchev–Trinajstić information content (AvgIpc) is 3.10. The summed E-state index contributed by atoms with van der Waals surface area (Å²) in [6, 6.07) is 9.48. The van der Waals surface area contributed by atoms with Gasteiger partial charge in [-0.15, -0.1) is 0 Å². The van der Waals surface area contributed by atoms with Crippen LogP contribution in [0.5, 0.6) is 0 Å². The van der Waals surface area contributed by atoms with Gasteiger partial charge in [-0.05, 0) is 24.3 Å². The molecule has 7 heteroatoms. The maximum atomic E-state index is 11.7. The lowest BCUT2D eigenvalue weighted by Gasteiger charge is -2.14. The Morgan fingerprint density at radius 3 is 2.79 bits per heavy atom. The van der Waals surface area contributed by atoms with E-state index < -0.39 is 0 Å². The second-order valence-corrected chi connectivity index (χ2v) is 5.38. The third kappa shape index (κ3) is 6.12. The summed E-state index contributed by atoms with van der Waals surface area (Å²) in [5.74, 6) is 1.45. The number of nitrogens with zero attached hydrogens (tertiary/aromatic N) is 3. The maximum absolute atomic E-state index is 11.7. The second kappa shape index (κ2) is 9.34. The Labute approximate surface area is 141 Å². The fraction of sp³-hybridized carbons (Fsp3) is 0.353. The van der Waals surface area contributed by atoms with Crippen LogP contribution >= 0.6 is 0 Å². The summed E-state index contributed by atoms with van der Waals surface area (Å²) >= 11 is 0. The molecular weight excluding hydrogens is 306 g/mol. The molecule has 0 unspecified atom stereocenters. The fourth-order valence-corrected chi connectivity index (χ4v) is 1.90. The summed E-state index contributed by atoms with van der Waals surface area (Å²) in [6.45, 7) is 1.27. The zero-order valence-corrected chi connectivity index (χ0v) is 14.0. The van der Waals surface area contributed by atoms with Crippen LogP contribution in [0.25, 0.3) is 0 Å². The monoisotopic (exact) mass is 329 g/mol. The van der Waals surface area contributed by atoms with Crippen molar-refractivity contribution >= 4 is 11.9 Å². The number of rotatable bonds is 7. The van der Waals surface area contributed by atoms with Crippen molar-refractivity contribution in [2.45, 2.75) is 13.0 Å². The number of aromatic nitrogens is 1. The highest BCUT2D eigenvalue weighted by atomic mass is 16.3. The van der Waals surface area contributed by atoms with Gasteiger partial charge in [-0.25, -0.2) is 4.99 Å². The summed E-state index contributed by atoms with van der Waals surface area (Å²) < 4.78 is 5.30. The van der Waals surface area contributed by atoms with Crippen molar-refractivity contribution in [3.05, 3.63) is 54.2 Å². The van der Waals surface area contributed by atoms with Crippen molar-refractivity contribution in [2.24, 2.45) is 4.99 Å². The standard InChI is InChI=1S/C17H23N5O2/c1-22(2)16(23)13-21-17(19-10-8-15-7-5-11-24-15)20-12-14-6-3-4-9-18-14/h3-7,9,11H,8,10,12-13H2,1-2H3,(H2,19,20,21). The number of hydrogen-bond donors (Lipinski definition) is 2. The molecule has 0 spiro atoms. The minimum atomic E-state index is -0.0200. The van der Waals surface area contributed by atoms with E-state index in [0.29, 0.717) is 19.0 Å². The Bertz CT molecular complexity index is 638. The van der Waals surface area contributed by atoms with Gasteiger partial charge in [0.1, 0.15) is 5.76 Å². The van der Waals surface area contributed by atoms with Gasteiger partial charge in [-0.2, -0.15) is 0 Å². The molecule has 7 nitrogen and oxygen atoms in total. The molecule has 0 saturated heterocycles. The van der Waals surface area contributed by atoms with Gasteiger partial charge in [0.25, 0.3) is 0 Å². The van der Waals surface area contributed by atoms with Gasteiger partial charge in [0.05, 0.1) is 25.0 Å². The normalized spacial score (nSPS) is 11.2. The van der Waals surface area contributed by atoms with Gasteiger partial charge in [0.2, 0.25) is 5.91 Å². The van der Waals surface area contributed by atoms with E-state index >= 15 is 0 Å². The van der Waals surface area contributed by atoms with Crippen LogP contribution in [0, 0.1) is 0 Å². The molecule has 2 heterocycles. The molecule has 2 N–H and O–H groups in total. The van der Waals surface area contributed by atoms with Gasteiger partial charge >= 0.3 is 0 Å². The first-order chi connectivity index (χ1) is 11.6. The van der Waals surface area contributed by atoms with Crippen molar-refractivity contribution in [3.8, 4) is 0 Å². The molecule has 1 amide bonds. The Morgan fingerprint density at radius 2 is 2.12 bits per heavy atom. The van der Waals surface area contributed by atoms with Gasteiger partial charge < -0.3 is 20.0 Å². The number of amides is 1. The molecule has 0 bridgehead atoms. The van der Waals surface area contributed by atoms with Crippen LogP contribution in [-0.4, -0.2) is 48.9 Å². The predicted molar refractivity (Wildman–Crippen MR) is 92.5 cm³/mol. The number of aliphatic imine (C=N–C) groups is 1. The Morgan fingerprint density at radius 1 is 1.25 bits per heavy atom. The number of carbonyl (C=O) groups is 1. The summed E-state index contributed by atoms with van der Waals surface area (Å²) in [5, 5.41) is 6.24. The van der Waals surface area contributed by atoms with Crippen LogP contribution in [0.15, 0.2) is 52.2 Å². The first-order valence-corrected chi connectivity index (χ1v) is 7.80. The number of carbonyl (C=O) groups excluding carboxylic acids is 1. The minimum Gasteiger partial charge on any atom is -0.469 e. The van der Waals surface area contributed by atoms with Gasteiger partial charge in [-0.1, -0.05) is 6.07 Å². The number of likely N-dealkylation sites (N-methyl/N-ethyl adjacent to an activating group) is 1. The summed E-state index contributed by atoms with van der Waals surface area (Å²) in [5.41, 5.74) is 0.864. The lowest BCUT2D eigenvalue weighted by Crippen LogP contribution is -2.43. The molecule has 0 radical (unpaired) electrons. The van der Waals surface area contributed by atoms with Crippen LogP contribution in [0.1, 0.15) is 11.5 Å². The van der Waals surface area contributed by atoms with Gasteiger partial charge in [0.15, 0.2) is 5.96 Å². The summed E-state index contributed by atoms with van der Waals surface area (Å²) in [6.07, 6.45) is 4.12. The molecule has 0 aliphatic rings. The molecule has 2 aromatic rings. The lowest BCUT2D eigenvalue weighted by atomic mass is 10.3. The van der Waals surface area contributed by atoms with E-state index in [1.54, 1.807) is 26.6 Å². The van der Waals surface area contributed by atoms with Crippen molar-refractivity contribution < 1.29 is 9.21 Å². The molecule has 128 valence electrons. The fourth-order valence-electron chi connectivity index (χ4n) is 1.90. The molecule has 0 fully saturated rings. The topological polar surface area (TPSA) is 82.8 Å². The van der Waals surface area contributed by atoms with Crippen molar-refractivity contribution in [3.63, 3.8) is 0 Å². The molecule has 0 aromatic carbocycles.